The molecular weight excluding hydrogens is 398 g/mol. The van der Waals surface area contributed by atoms with E-state index in [9.17, 15) is 4.79 Å². The molecule has 2 aromatic carbocycles. The van der Waals surface area contributed by atoms with Crippen molar-refractivity contribution in [1.29, 1.82) is 0 Å². The summed E-state index contributed by atoms with van der Waals surface area (Å²) in [6.45, 7) is 4.33. The summed E-state index contributed by atoms with van der Waals surface area (Å²) < 4.78 is 6.12. The summed E-state index contributed by atoms with van der Waals surface area (Å²) in [4.78, 5) is 18.1. The molecule has 2 bridgehead atoms. The fourth-order valence-corrected chi connectivity index (χ4v) is 6.04. The lowest BCUT2D eigenvalue weighted by Gasteiger charge is -2.45. The molecule has 5 nitrogen and oxygen atoms in total. The summed E-state index contributed by atoms with van der Waals surface area (Å²) >= 11 is 0. The van der Waals surface area contributed by atoms with Crippen molar-refractivity contribution in [3.63, 3.8) is 0 Å². The van der Waals surface area contributed by atoms with E-state index in [2.05, 4.69) is 37.6 Å². The Labute approximate surface area is 190 Å². The van der Waals surface area contributed by atoms with Crippen molar-refractivity contribution >= 4 is 17.0 Å². The van der Waals surface area contributed by atoms with E-state index in [4.69, 9.17) is 9.40 Å². The zero-order valence-corrected chi connectivity index (χ0v) is 19.2. The third kappa shape index (κ3) is 3.83. The average Bonchev–Trinajstić information content (AvgIpc) is 3.22. The number of hydrogen-bond acceptors (Lipinski definition) is 4. The van der Waals surface area contributed by atoms with Gasteiger partial charge in [-0.25, -0.2) is 4.98 Å². The van der Waals surface area contributed by atoms with Crippen LogP contribution >= 0.6 is 0 Å². The van der Waals surface area contributed by atoms with E-state index in [1.165, 1.54) is 24.8 Å². The van der Waals surface area contributed by atoms with Crippen LogP contribution < -0.4 is 10.6 Å². The maximum absolute atomic E-state index is 13.3. The second-order valence-electron chi connectivity index (χ2n) is 9.82. The van der Waals surface area contributed by atoms with Crippen LogP contribution in [0, 0.1) is 11.8 Å². The predicted molar refractivity (Wildman–Crippen MR) is 128 cm³/mol. The molecule has 0 aliphatic heterocycles. The van der Waals surface area contributed by atoms with Gasteiger partial charge in [0.25, 0.3) is 5.91 Å². The number of amides is 1. The van der Waals surface area contributed by atoms with Crippen LogP contribution in [-0.2, 0) is 0 Å². The number of nitrogens with zero attached hydrogens (tertiary/aromatic N) is 1. The van der Waals surface area contributed by atoms with Crippen LogP contribution in [0.1, 0.15) is 67.8 Å². The van der Waals surface area contributed by atoms with Gasteiger partial charge in [0, 0.05) is 17.6 Å². The van der Waals surface area contributed by atoms with Crippen LogP contribution in [0.2, 0.25) is 0 Å². The summed E-state index contributed by atoms with van der Waals surface area (Å²) in [7, 11) is 2.08. The van der Waals surface area contributed by atoms with E-state index >= 15 is 0 Å². The normalized spacial score (nSPS) is 25.2. The Balaban J connectivity index is 1.41. The Morgan fingerprint density at radius 2 is 1.81 bits per heavy atom. The summed E-state index contributed by atoms with van der Waals surface area (Å²) in [5.74, 6) is 2.20. The summed E-state index contributed by atoms with van der Waals surface area (Å²) in [6, 6.07) is 14.7. The predicted octanol–water partition coefficient (Wildman–Crippen LogP) is 5.51. The quantitative estimate of drug-likeness (QED) is 0.559. The number of para-hydroxylation sites is 1. The Morgan fingerprint density at radius 1 is 1.06 bits per heavy atom. The Hall–Kier alpha value is -2.66. The molecule has 32 heavy (non-hydrogen) atoms. The highest BCUT2D eigenvalue weighted by Crippen LogP contribution is 2.40. The van der Waals surface area contributed by atoms with Gasteiger partial charge in [0.15, 0.2) is 5.58 Å². The second kappa shape index (κ2) is 8.70. The molecule has 5 rings (SSSR count). The van der Waals surface area contributed by atoms with Crippen molar-refractivity contribution in [2.24, 2.45) is 11.8 Å². The standard InChI is InChI=1S/C27H33N3O2/c1-16(2)20-10-4-5-11-21(20)27-30-25-22(12-7-13-23(25)32-27)26(31)29-19-14-17-8-6-9-18(15-19)24(17)28-3/h4-5,7,10-13,16-19,24,28H,6,8-9,14-15H2,1-3H3,(H,29,31). The molecule has 0 radical (unpaired) electrons. The van der Waals surface area contributed by atoms with E-state index in [0.717, 1.165) is 18.4 Å². The highest BCUT2D eigenvalue weighted by Gasteiger charge is 2.40. The van der Waals surface area contributed by atoms with E-state index < -0.39 is 0 Å². The van der Waals surface area contributed by atoms with Crippen LogP contribution in [0.3, 0.4) is 0 Å². The fourth-order valence-electron chi connectivity index (χ4n) is 6.04. The van der Waals surface area contributed by atoms with E-state index in [1.54, 1.807) is 0 Å². The van der Waals surface area contributed by atoms with Gasteiger partial charge in [-0.2, -0.15) is 0 Å². The molecule has 2 aliphatic rings. The maximum atomic E-state index is 13.3. The molecule has 0 spiro atoms. The molecule has 2 atom stereocenters. The average molecular weight is 432 g/mol. The molecule has 2 aliphatic carbocycles. The van der Waals surface area contributed by atoms with Crippen LogP contribution in [0.5, 0.6) is 0 Å². The Bertz CT molecular complexity index is 1110. The van der Waals surface area contributed by atoms with Gasteiger partial charge < -0.3 is 15.1 Å². The van der Waals surface area contributed by atoms with Crippen LogP contribution in [0.15, 0.2) is 46.9 Å². The largest absolute Gasteiger partial charge is 0.436 e. The van der Waals surface area contributed by atoms with Crippen molar-refractivity contribution in [3.05, 3.63) is 53.6 Å². The third-order valence-corrected chi connectivity index (χ3v) is 7.49. The van der Waals surface area contributed by atoms with Crippen molar-refractivity contribution in [2.75, 3.05) is 7.05 Å². The first kappa shape index (κ1) is 21.2. The minimum atomic E-state index is -0.0430. The number of aromatic nitrogens is 1. The monoisotopic (exact) mass is 431 g/mol. The molecule has 0 saturated heterocycles. The van der Waals surface area contributed by atoms with Gasteiger partial charge in [0.05, 0.1) is 5.56 Å². The number of oxazole rings is 1. The van der Waals surface area contributed by atoms with Gasteiger partial charge in [-0.1, -0.05) is 44.5 Å². The first-order valence-corrected chi connectivity index (χ1v) is 12.0. The van der Waals surface area contributed by atoms with Crippen molar-refractivity contribution in [1.82, 2.24) is 15.6 Å². The van der Waals surface area contributed by atoms with E-state index in [1.807, 2.05) is 36.4 Å². The smallest absolute Gasteiger partial charge is 0.253 e. The summed E-state index contributed by atoms with van der Waals surface area (Å²) in [5.41, 5.74) is 4.08. The van der Waals surface area contributed by atoms with Crippen molar-refractivity contribution in [3.8, 4) is 11.5 Å². The highest BCUT2D eigenvalue weighted by atomic mass is 16.3. The van der Waals surface area contributed by atoms with Gasteiger partial charge in [-0.3, -0.25) is 4.79 Å². The molecule has 2 unspecified atom stereocenters. The number of nitrogens with one attached hydrogen (secondary N) is 2. The SMILES string of the molecule is CNC1C2CCCC1CC(NC(=O)c1cccc3oc(-c4ccccc4C(C)C)nc13)C2. The molecule has 1 heterocycles. The molecule has 1 aromatic heterocycles. The number of benzene rings is 2. The number of hydrogen-bond donors (Lipinski definition) is 2. The van der Waals surface area contributed by atoms with Gasteiger partial charge in [0.2, 0.25) is 5.89 Å². The fraction of sp³-hybridized carbons (Fsp3) is 0.481. The Morgan fingerprint density at radius 3 is 2.53 bits per heavy atom. The van der Waals surface area contributed by atoms with Gasteiger partial charge in [-0.05, 0) is 74.2 Å². The maximum Gasteiger partial charge on any atom is 0.253 e. The lowest BCUT2D eigenvalue weighted by molar-refractivity contribution is 0.0800. The van der Waals surface area contributed by atoms with Gasteiger partial charge in [0.1, 0.15) is 5.52 Å². The lowest BCUT2D eigenvalue weighted by atomic mass is 9.67. The molecule has 3 aromatic rings. The first-order valence-electron chi connectivity index (χ1n) is 12.0. The zero-order valence-electron chi connectivity index (χ0n) is 19.2. The highest BCUT2D eigenvalue weighted by molar-refractivity contribution is 6.05. The lowest BCUT2D eigenvalue weighted by Crippen LogP contribution is -2.53. The molecule has 168 valence electrons. The molecule has 2 saturated carbocycles. The van der Waals surface area contributed by atoms with Gasteiger partial charge >= 0.3 is 0 Å². The minimum Gasteiger partial charge on any atom is -0.436 e. The topological polar surface area (TPSA) is 67.2 Å². The Kier molecular flexibility index (Phi) is 5.76. The van der Waals surface area contributed by atoms with Crippen molar-refractivity contribution < 1.29 is 9.21 Å². The zero-order chi connectivity index (χ0) is 22.2. The molecule has 2 fully saturated rings. The molecule has 1 amide bonds. The number of carbonyl (C=O) groups excluding carboxylic acids is 1. The van der Waals surface area contributed by atoms with E-state index in [-0.39, 0.29) is 11.9 Å². The molecular formula is C27H33N3O2. The van der Waals surface area contributed by atoms with Crippen LogP contribution in [0.25, 0.3) is 22.6 Å². The van der Waals surface area contributed by atoms with Crippen molar-refractivity contribution in [2.45, 2.75) is 64.0 Å². The summed E-state index contributed by atoms with van der Waals surface area (Å²) in [5, 5.41) is 6.86. The first-order chi connectivity index (χ1) is 15.5. The van der Waals surface area contributed by atoms with Crippen LogP contribution in [0.4, 0.5) is 0 Å². The summed E-state index contributed by atoms with van der Waals surface area (Å²) in [6.07, 6.45) is 5.93. The molecule has 2 N–H and O–H groups in total. The number of fused-ring (bicyclic) bond motifs is 3. The van der Waals surface area contributed by atoms with E-state index in [0.29, 0.717) is 46.3 Å². The number of carbonyl (C=O) groups is 1. The minimum absolute atomic E-state index is 0.0430. The third-order valence-electron chi connectivity index (χ3n) is 7.49. The molecule has 5 heteroatoms. The second-order valence-corrected chi connectivity index (χ2v) is 9.82. The van der Waals surface area contributed by atoms with Crippen LogP contribution in [-0.4, -0.2) is 30.0 Å². The number of rotatable bonds is 5. The van der Waals surface area contributed by atoms with Gasteiger partial charge in [-0.15, -0.1) is 0 Å².